The highest BCUT2D eigenvalue weighted by atomic mass is 16.5. The molecule has 18 heavy (non-hydrogen) atoms. The van der Waals surface area contributed by atoms with Crippen LogP contribution in [0.15, 0.2) is 0 Å². The zero-order valence-electron chi connectivity index (χ0n) is 10.9. The average molecular weight is 258 g/mol. The largest absolute Gasteiger partial charge is 0.469 e. The van der Waals surface area contributed by atoms with Crippen LogP contribution in [0, 0.1) is 0 Å². The summed E-state index contributed by atoms with van der Waals surface area (Å²) in [5, 5.41) is 8.68. The number of hydrogen-bond donors (Lipinski definition) is 1. The molecule has 0 saturated carbocycles. The number of piperazine rings is 1. The first-order valence-electron chi connectivity index (χ1n) is 6.35. The van der Waals surface area contributed by atoms with E-state index in [1.807, 2.05) is 4.90 Å². The van der Waals surface area contributed by atoms with Crippen LogP contribution < -0.4 is 0 Å². The Balaban J connectivity index is 2.20. The van der Waals surface area contributed by atoms with Gasteiger partial charge in [0.15, 0.2) is 0 Å². The van der Waals surface area contributed by atoms with Gasteiger partial charge in [0, 0.05) is 45.8 Å². The van der Waals surface area contributed by atoms with E-state index in [-0.39, 0.29) is 18.5 Å². The summed E-state index contributed by atoms with van der Waals surface area (Å²) < 4.78 is 4.59. The molecule has 0 aromatic rings. The maximum atomic E-state index is 11.7. The van der Waals surface area contributed by atoms with Gasteiger partial charge in [-0.3, -0.25) is 14.5 Å². The zero-order chi connectivity index (χ0) is 13.4. The summed E-state index contributed by atoms with van der Waals surface area (Å²) in [6, 6.07) is 0. The summed E-state index contributed by atoms with van der Waals surface area (Å²) in [7, 11) is 1.39. The maximum absolute atomic E-state index is 11.7. The van der Waals surface area contributed by atoms with Gasteiger partial charge in [0.2, 0.25) is 5.91 Å². The van der Waals surface area contributed by atoms with E-state index < -0.39 is 0 Å². The van der Waals surface area contributed by atoms with Gasteiger partial charge in [-0.25, -0.2) is 0 Å². The molecule has 0 aromatic heterocycles. The van der Waals surface area contributed by atoms with Gasteiger partial charge >= 0.3 is 5.97 Å². The number of nitrogens with zero attached hydrogens (tertiary/aromatic N) is 2. The van der Waals surface area contributed by atoms with Crippen LogP contribution in [0.3, 0.4) is 0 Å². The van der Waals surface area contributed by atoms with Gasteiger partial charge in [-0.1, -0.05) is 0 Å². The fourth-order valence-corrected chi connectivity index (χ4v) is 1.96. The molecule has 0 bridgehead atoms. The van der Waals surface area contributed by atoms with Gasteiger partial charge in [-0.2, -0.15) is 0 Å². The molecule has 1 fully saturated rings. The molecular weight excluding hydrogens is 236 g/mol. The van der Waals surface area contributed by atoms with Crippen molar-refractivity contribution in [3.63, 3.8) is 0 Å². The summed E-state index contributed by atoms with van der Waals surface area (Å²) in [5.41, 5.74) is 0. The standard InChI is InChI=1S/C12H22N2O4/c1-18-12(17)4-5-13-6-8-14(9-7-13)11(16)3-2-10-15/h15H,2-10H2,1H3. The number of esters is 1. The van der Waals surface area contributed by atoms with E-state index in [0.717, 1.165) is 13.1 Å². The molecule has 1 heterocycles. The van der Waals surface area contributed by atoms with E-state index in [4.69, 9.17) is 5.11 Å². The molecule has 6 nitrogen and oxygen atoms in total. The van der Waals surface area contributed by atoms with E-state index in [0.29, 0.717) is 38.9 Å². The molecule has 0 spiro atoms. The lowest BCUT2D eigenvalue weighted by Crippen LogP contribution is -2.49. The van der Waals surface area contributed by atoms with E-state index in [2.05, 4.69) is 9.64 Å². The van der Waals surface area contributed by atoms with Crippen molar-refractivity contribution in [2.24, 2.45) is 0 Å². The predicted octanol–water partition coefficient (Wildman–Crippen LogP) is -0.534. The molecule has 104 valence electrons. The third kappa shape index (κ3) is 5.01. The molecule has 0 aromatic carbocycles. The van der Waals surface area contributed by atoms with E-state index >= 15 is 0 Å². The highest BCUT2D eigenvalue weighted by molar-refractivity contribution is 5.76. The molecule has 1 N–H and O–H groups in total. The van der Waals surface area contributed by atoms with E-state index in [9.17, 15) is 9.59 Å². The number of aliphatic hydroxyl groups is 1. The first-order chi connectivity index (χ1) is 8.67. The lowest BCUT2D eigenvalue weighted by Gasteiger charge is -2.34. The summed E-state index contributed by atoms with van der Waals surface area (Å²) in [6.45, 7) is 3.73. The summed E-state index contributed by atoms with van der Waals surface area (Å²) >= 11 is 0. The first-order valence-corrected chi connectivity index (χ1v) is 6.35. The van der Waals surface area contributed by atoms with E-state index in [1.54, 1.807) is 0 Å². The fourth-order valence-electron chi connectivity index (χ4n) is 1.96. The minimum Gasteiger partial charge on any atom is -0.469 e. The van der Waals surface area contributed by atoms with Gasteiger partial charge in [0.25, 0.3) is 0 Å². The minimum atomic E-state index is -0.198. The van der Waals surface area contributed by atoms with Gasteiger partial charge in [-0.05, 0) is 6.42 Å². The molecule has 1 rings (SSSR count). The topological polar surface area (TPSA) is 70.1 Å². The lowest BCUT2D eigenvalue weighted by molar-refractivity contribution is -0.141. The lowest BCUT2D eigenvalue weighted by atomic mass is 10.2. The van der Waals surface area contributed by atoms with Crippen LogP contribution in [-0.2, 0) is 14.3 Å². The number of rotatable bonds is 6. The summed E-state index contributed by atoms with van der Waals surface area (Å²) in [5.74, 6) is -0.0897. The normalized spacial score (nSPS) is 16.7. The Kier molecular flexibility index (Phi) is 6.67. The van der Waals surface area contributed by atoms with Crippen molar-refractivity contribution in [2.45, 2.75) is 19.3 Å². The molecule has 0 aliphatic carbocycles. The molecule has 0 unspecified atom stereocenters. The second kappa shape index (κ2) is 8.05. The Morgan fingerprint density at radius 1 is 1.17 bits per heavy atom. The van der Waals surface area contributed by atoms with Crippen LogP contribution in [0.2, 0.25) is 0 Å². The van der Waals surface area contributed by atoms with Crippen molar-refractivity contribution < 1.29 is 19.4 Å². The Labute approximate surface area is 107 Å². The van der Waals surface area contributed by atoms with E-state index in [1.165, 1.54) is 7.11 Å². The summed E-state index contributed by atoms with van der Waals surface area (Å²) in [6.07, 6.45) is 1.34. The molecular formula is C12H22N2O4. The molecule has 1 saturated heterocycles. The number of amides is 1. The van der Waals surface area contributed by atoms with Crippen LogP contribution >= 0.6 is 0 Å². The molecule has 1 amide bonds. The quantitative estimate of drug-likeness (QED) is 0.648. The Morgan fingerprint density at radius 3 is 2.39 bits per heavy atom. The van der Waals surface area contributed by atoms with Gasteiger partial charge in [0.1, 0.15) is 0 Å². The number of hydrogen-bond acceptors (Lipinski definition) is 5. The van der Waals surface area contributed by atoms with Crippen LogP contribution in [0.25, 0.3) is 0 Å². The van der Waals surface area contributed by atoms with Gasteiger partial charge < -0.3 is 14.7 Å². The minimum absolute atomic E-state index is 0.0604. The van der Waals surface area contributed by atoms with Crippen molar-refractivity contribution in [3.8, 4) is 0 Å². The van der Waals surface area contributed by atoms with Gasteiger partial charge in [0.05, 0.1) is 13.5 Å². The third-order valence-corrected chi connectivity index (χ3v) is 3.13. The third-order valence-electron chi connectivity index (χ3n) is 3.13. The van der Waals surface area contributed by atoms with Crippen LogP contribution in [0.4, 0.5) is 0 Å². The zero-order valence-corrected chi connectivity index (χ0v) is 10.9. The van der Waals surface area contributed by atoms with Crippen LogP contribution in [-0.4, -0.2) is 73.2 Å². The first kappa shape index (κ1) is 14.9. The van der Waals surface area contributed by atoms with Crippen molar-refractivity contribution in [2.75, 3.05) is 46.4 Å². The number of carbonyl (C=O) groups is 2. The highest BCUT2D eigenvalue weighted by Gasteiger charge is 2.20. The molecule has 1 aliphatic heterocycles. The van der Waals surface area contributed by atoms with Crippen molar-refractivity contribution in [3.05, 3.63) is 0 Å². The Morgan fingerprint density at radius 2 is 1.83 bits per heavy atom. The number of methoxy groups -OCH3 is 1. The smallest absolute Gasteiger partial charge is 0.306 e. The van der Waals surface area contributed by atoms with Crippen molar-refractivity contribution >= 4 is 11.9 Å². The van der Waals surface area contributed by atoms with Crippen molar-refractivity contribution in [1.29, 1.82) is 0 Å². The molecule has 6 heteroatoms. The average Bonchev–Trinajstić information content (AvgIpc) is 2.42. The predicted molar refractivity (Wildman–Crippen MR) is 66.0 cm³/mol. The van der Waals surface area contributed by atoms with Crippen LogP contribution in [0.5, 0.6) is 0 Å². The van der Waals surface area contributed by atoms with Crippen molar-refractivity contribution in [1.82, 2.24) is 9.80 Å². The second-order valence-electron chi connectivity index (χ2n) is 4.38. The van der Waals surface area contributed by atoms with Gasteiger partial charge in [-0.15, -0.1) is 0 Å². The second-order valence-corrected chi connectivity index (χ2v) is 4.38. The summed E-state index contributed by atoms with van der Waals surface area (Å²) in [4.78, 5) is 26.7. The number of aliphatic hydroxyl groups excluding tert-OH is 1. The molecule has 0 atom stereocenters. The van der Waals surface area contributed by atoms with Crippen LogP contribution in [0.1, 0.15) is 19.3 Å². The monoisotopic (exact) mass is 258 g/mol. The number of carbonyl (C=O) groups excluding carboxylic acids is 2. The maximum Gasteiger partial charge on any atom is 0.306 e. The fraction of sp³-hybridized carbons (Fsp3) is 0.833. The number of ether oxygens (including phenoxy) is 1. The Hall–Kier alpha value is -1.14. The highest BCUT2D eigenvalue weighted by Crippen LogP contribution is 2.05. The molecule has 1 aliphatic rings. The Bertz CT molecular complexity index is 275. The SMILES string of the molecule is COC(=O)CCN1CCN(C(=O)CCCO)CC1. The molecule has 0 radical (unpaired) electrons.